The molecule has 1 aliphatic rings. The predicted octanol–water partition coefficient (Wildman–Crippen LogP) is 2.26. The zero-order chi connectivity index (χ0) is 17.0. The van der Waals surface area contributed by atoms with Crippen LogP contribution in [0.2, 0.25) is 0 Å². The molecule has 1 aromatic carbocycles. The number of methoxy groups -OCH3 is 1. The van der Waals surface area contributed by atoms with Crippen molar-refractivity contribution < 1.29 is 18.8 Å². The average Bonchev–Trinajstić information content (AvgIpc) is 2.98. The fourth-order valence-corrected chi connectivity index (χ4v) is 2.64. The second kappa shape index (κ2) is 7.00. The number of hydrogen-bond acceptors (Lipinski definition) is 6. The Bertz CT molecular complexity index is 704. The highest BCUT2D eigenvalue weighted by atomic mass is 16.5. The number of carbonyl (C=O) groups excluding carboxylic acids is 1. The lowest BCUT2D eigenvalue weighted by atomic mass is 9.80. The largest absolute Gasteiger partial charge is 0.485 e. The van der Waals surface area contributed by atoms with Crippen LogP contribution in [0.5, 0.6) is 5.75 Å². The molecule has 0 bridgehead atoms. The monoisotopic (exact) mass is 331 g/mol. The molecular formula is C17H21N3O4. The molecule has 1 fully saturated rings. The Balaban J connectivity index is 1.56. The van der Waals surface area contributed by atoms with E-state index in [9.17, 15) is 4.79 Å². The van der Waals surface area contributed by atoms with Gasteiger partial charge in [0.2, 0.25) is 11.7 Å². The van der Waals surface area contributed by atoms with Gasteiger partial charge in [-0.05, 0) is 37.5 Å². The molecule has 0 saturated heterocycles. The summed E-state index contributed by atoms with van der Waals surface area (Å²) >= 11 is 0. The summed E-state index contributed by atoms with van der Waals surface area (Å²) in [7, 11) is 1.69. The van der Waals surface area contributed by atoms with Crippen LogP contribution >= 0.6 is 0 Å². The van der Waals surface area contributed by atoms with Gasteiger partial charge >= 0.3 is 0 Å². The van der Waals surface area contributed by atoms with Crippen LogP contribution in [0, 0.1) is 6.92 Å². The summed E-state index contributed by atoms with van der Waals surface area (Å²) < 4.78 is 16.0. The first-order valence-corrected chi connectivity index (χ1v) is 7.96. The van der Waals surface area contributed by atoms with Gasteiger partial charge in [-0.2, -0.15) is 4.98 Å². The van der Waals surface area contributed by atoms with E-state index in [1.54, 1.807) is 38.3 Å². The van der Waals surface area contributed by atoms with Gasteiger partial charge in [0.15, 0.2) is 6.61 Å². The molecule has 24 heavy (non-hydrogen) atoms. The minimum atomic E-state index is -0.194. The minimum Gasteiger partial charge on any atom is -0.485 e. The molecule has 1 amide bonds. The zero-order valence-corrected chi connectivity index (χ0v) is 13.9. The molecule has 1 N–H and O–H groups in total. The van der Waals surface area contributed by atoms with E-state index >= 15 is 0 Å². The number of aryl methyl sites for hydroxylation is 1. The first-order chi connectivity index (χ1) is 11.6. The fraction of sp³-hybridized carbons (Fsp3) is 0.471. The summed E-state index contributed by atoms with van der Waals surface area (Å²) in [6.07, 6.45) is 3.11. The van der Waals surface area contributed by atoms with Gasteiger partial charge in [-0.1, -0.05) is 11.2 Å². The number of ether oxygens (including phenoxy) is 2. The first kappa shape index (κ1) is 16.4. The Morgan fingerprint density at radius 2 is 2.25 bits per heavy atom. The molecule has 1 saturated carbocycles. The normalized spacial score (nSPS) is 15.6. The van der Waals surface area contributed by atoms with E-state index in [0.717, 1.165) is 19.3 Å². The number of carbonyl (C=O) groups is 1. The molecular weight excluding hydrogens is 310 g/mol. The van der Waals surface area contributed by atoms with Gasteiger partial charge in [0.25, 0.3) is 5.91 Å². The van der Waals surface area contributed by atoms with Crippen molar-refractivity contribution in [1.82, 2.24) is 15.5 Å². The van der Waals surface area contributed by atoms with Crippen LogP contribution in [0.1, 0.15) is 41.3 Å². The number of hydrogen-bond donors (Lipinski definition) is 1. The van der Waals surface area contributed by atoms with Gasteiger partial charge in [0.1, 0.15) is 5.75 Å². The maximum atomic E-state index is 12.3. The van der Waals surface area contributed by atoms with E-state index < -0.39 is 0 Å². The highest BCUT2D eigenvalue weighted by Crippen LogP contribution is 2.34. The Hall–Kier alpha value is -2.41. The predicted molar refractivity (Wildman–Crippen MR) is 85.7 cm³/mol. The number of nitrogens with one attached hydrogen (secondary N) is 1. The molecule has 0 unspecified atom stereocenters. The van der Waals surface area contributed by atoms with Crippen LogP contribution in [0.3, 0.4) is 0 Å². The Kier molecular flexibility index (Phi) is 4.80. The maximum absolute atomic E-state index is 12.3. The van der Waals surface area contributed by atoms with Crippen molar-refractivity contribution in [2.24, 2.45) is 0 Å². The van der Waals surface area contributed by atoms with Crippen molar-refractivity contribution in [3.05, 3.63) is 41.5 Å². The average molecular weight is 331 g/mol. The second-order valence-corrected chi connectivity index (χ2v) is 5.97. The summed E-state index contributed by atoms with van der Waals surface area (Å²) in [5.41, 5.74) is 0.350. The Labute approximate surface area is 140 Å². The summed E-state index contributed by atoms with van der Waals surface area (Å²) in [4.78, 5) is 16.4. The van der Waals surface area contributed by atoms with E-state index in [1.165, 1.54) is 0 Å². The van der Waals surface area contributed by atoms with E-state index in [1.807, 2.05) is 0 Å². The van der Waals surface area contributed by atoms with Gasteiger partial charge in [-0.15, -0.1) is 0 Å². The van der Waals surface area contributed by atoms with Crippen molar-refractivity contribution in [1.29, 1.82) is 0 Å². The number of rotatable bonds is 7. The SMILES string of the molecule is COC1(CNC(=O)c2cccc(OCc3noc(C)n3)c2)CCC1. The molecule has 1 heterocycles. The van der Waals surface area contributed by atoms with E-state index in [0.29, 0.717) is 29.6 Å². The molecule has 1 aliphatic carbocycles. The Morgan fingerprint density at radius 1 is 1.42 bits per heavy atom. The molecule has 0 spiro atoms. The minimum absolute atomic E-state index is 0.140. The molecule has 1 aromatic heterocycles. The van der Waals surface area contributed by atoms with Crippen molar-refractivity contribution in [3.63, 3.8) is 0 Å². The van der Waals surface area contributed by atoms with Crippen LogP contribution in [-0.2, 0) is 11.3 Å². The summed E-state index contributed by atoms with van der Waals surface area (Å²) in [5, 5.41) is 6.70. The smallest absolute Gasteiger partial charge is 0.251 e. The lowest BCUT2D eigenvalue weighted by Gasteiger charge is -2.40. The van der Waals surface area contributed by atoms with E-state index in [4.69, 9.17) is 14.0 Å². The summed E-state index contributed by atoms with van der Waals surface area (Å²) in [6.45, 7) is 2.43. The number of nitrogens with zero attached hydrogens (tertiary/aromatic N) is 2. The number of benzene rings is 1. The fourth-order valence-electron chi connectivity index (χ4n) is 2.64. The van der Waals surface area contributed by atoms with Crippen molar-refractivity contribution in [2.45, 2.75) is 38.4 Å². The highest BCUT2D eigenvalue weighted by molar-refractivity contribution is 5.94. The summed E-state index contributed by atoms with van der Waals surface area (Å²) in [5.74, 6) is 1.40. The third-order valence-electron chi connectivity index (χ3n) is 4.30. The standard InChI is InChI=1S/C17H21N3O4/c1-12-19-15(20-24-12)10-23-14-6-3-5-13(9-14)16(21)18-11-17(22-2)7-4-8-17/h3,5-6,9H,4,7-8,10-11H2,1-2H3,(H,18,21). The van der Waals surface area contributed by atoms with Crippen molar-refractivity contribution in [2.75, 3.05) is 13.7 Å². The quantitative estimate of drug-likeness (QED) is 0.837. The first-order valence-electron chi connectivity index (χ1n) is 7.96. The van der Waals surface area contributed by atoms with E-state index in [2.05, 4.69) is 15.5 Å². The third-order valence-corrected chi connectivity index (χ3v) is 4.30. The Morgan fingerprint density at radius 3 is 2.88 bits per heavy atom. The molecule has 7 heteroatoms. The van der Waals surface area contributed by atoms with Crippen LogP contribution in [0.4, 0.5) is 0 Å². The van der Waals surface area contributed by atoms with Gasteiger partial charge in [-0.25, -0.2) is 0 Å². The van der Waals surface area contributed by atoms with Crippen LogP contribution < -0.4 is 10.1 Å². The van der Waals surface area contributed by atoms with E-state index in [-0.39, 0.29) is 18.1 Å². The molecule has 0 radical (unpaired) electrons. The maximum Gasteiger partial charge on any atom is 0.251 e. The topological polar surface area (TPSA) is 86.5 Å². The summed E-state index contributed by atoms with van der Waals surface area (Å²) in [6, 6.07) is 7.01. The van der Waals surface area contributed by atoms with Gasteiger partial charge < -0.3 is 19.3 Å². The second-order valence-electron chi connectivity index (χ2n) is 5.97. The molecule has 3 rings (SSSR count). The van der Waals surface area contributed by atoms with Gasteiger partial charge in [0, 0.05) is 26.1 Å². The number of amides is 1. The lowest BCUT2D eigenvalue weighted by Crippen LogP contribution is -2.49. The highest BCUT2D eigenvalue weighted by Gasteiger charge is 2.37. The van der Waals surface area contributed by atoms with Gasteiger partial charge in [0.05, 0.1) is 5.60 Å². The number of aromatic nitrogens is 2. The van der Waals surface area contributed by atoms with Crippen LogP contribution in [0.15, 0.2) is 28.8 Å². The van der Waals surface area contributed by atoms with Crippen molar-refractivity contribution >= 4 is 5.91 Å². The van der Waals surface area contributed by atoms with Crippen molar-refractivity contribution in [3.8, 4) is 5.75 Å². The zero-order valence-electron chi connectivity index (χ0n) is 13.9. The van der Waals surface area contributed by atoms with Crippen LogP contribution in [0.25, 0.3) is 0 Å². The molecule has 0 atom stereocenters. The molecule has 2 aromatic rings. The molecule has 7 nitrogen and oxygen atoms in total. The molecule has 0 aliphatic heterocycles. The van der Waals surface area contributed by atoms with Crippen LogP contribution in [-0.4, -0.2) is 35.3 Å². The third kappa shape index (κ3) is 3.73. The lowest BCUT2D eigenvalue weighted by molar-refractivity contribution is -0.0679. The molecule has 128 valence electrons. The van der Waals surface area contributed by atoms with Gasteiger partial charge in [-0.3, -0.25) is 4.79 Å².